The lowest BCUT2D eigenvalue weighted by Gasteiger charge is -2.36. The summed E-state index contributed by atoms with van der Waals surface area (Å²) < 4.78 is 32.8. The molecule has 1 aliphatic heterocycles. The second-order valence-corrected chi connectivity index (χ2v) is 7.64. The molecule has 31 heavy (non-hydrogen) atoms. The third-order valence-corrected chi connectivity index (χ3v) is 5.85. The van der Waals surface area contributed by atoms with Gasteiger partial charge in [-0.1, -0.05) is 18.2 Å². The number of aromatic amines is 1. The molecule has 6 heteroatoms. The van der Waals surface area contributed by atoms with E-state index in [0.29, 0.717) is 13.0 Å². The van der Waals surface area contributed by atoms with Crippen molar-refractivity contribution >= 4 is 16.8 Å². The number of aromatic nitrogens is 1. The largest absolute Gasteiger partial charge is 0.497 e. The fraction of sp³-hybridized carbons (Fsp3) is 0.160. The molecule has 1 unspecified atom stereocenters. The minimum Gasteiger partial charge on any atom is -0.497 e. The number of H-pyrrole nitrogens is 1. The van der Waals surface area contributed by atoms with Crippen molar-refractivity contribution in [2.45, 2.75) is 12.5 Å². The smallest absolute Gasteiger partial charge is 0.254 e. The van der Waals surface area contributed by atoms with Gasteiger partial charge in [0.15, 0.2) is 0 Å². The van der Waals surface area contributed by atoms with Crippen molar-refractivity contribution in [3.8, 4) is 5.75 Å². The van der Waals surface area contributed by atoms with Gasteiger partial charge in [0.05, 0.1) is 13.2 Å². The molecule has 1 atom stereocenters. The highest BCUT2D eigenvalue weighted by molar-refractivity contribution is 5.95. The summed E-state index contributed by atoms with van der Waals surface area (Å²) in [6, 6.07) is 17.2. The van der Waals surface area contributed by atoms with E-state index in [9.17, 15) is 13.6 Å². The number of carbonyl (C=O) groups is 1. The maximum absolute atomic E-state index is 13.8. The molecule has 1 aliphatic rings. The number of nitrogens with zero attached hydrogens (tertiary/aromatic N) is 1. The van der Waals surface area contributed by atoms with Crippen LogP contribution in [0.4, 0.5) is 8.78 Å². The molecule has 1 aromatic heterocycles. The Balaban J connectivity index is 1.66. The quantitative estimate of drug-likeness (QED) is 0.494. The first-order valence-electron chi connectivity index (χ1n) is 10.1. The highest BCUT2D eigenvalue weighted by Crippen LogP contribution is 2.40. The van der Waals surface area contributed by atoms with E-state index < -0.39 is 11.9 Å². The number of nitrogens with one attached hydrogen (secondary N) is 1. The van der Waals surface area contributed by atoms with Gasteiger partial charge in [0.25, 0.3) is 5.91 Å². The molecule has 0 spiro atoms. The Bertz CT molecular complexity index is 1280. The molecule has 2 heterocycles. The molecule has 3 aromatic carbocycles. The van der Waals surface area contributed by atoms with Crippen LogP contribution in [0.25, 0.3) is 10.9 Å². The van der Waals surface area contributed by atoms with E-state index in [0.717, 1.165) is 33.5 Å². The first-order chi connectivity index (χ1) is 15.0. The van der Waals surface area contributed by atoms with E-state index in [4.69, 9.17) is 4.74 Å². The number of hydrogen-bond donors (Lipinski definition) is 1. The molecule has 4 aromatic rings. The Morgan fingerprint density at radius 2 is 1.84 bits per heavy atom. The maximum Gasteiger partial charge on any atom is 0.254 e. The normalized spacial score (nSPS) is 15.7. The zero-order valence-corrected chi connectivity index (χ0v) is 16.9. The number of ether oxygens (including phenoxy) is 1. The maximum atomic E-state index is 13.8. The Hall–Kier alpha value is -3.67. The molecule has 0 bridgehead atoms. The Morgan fingerprint density at radius 3 is 2.58 bits per heavy atom. The van der Waals surface area contributed by atoms with Crippen molar-refractivity contribution in [1.29, 1.82) is 0 Å². The van der Waals surface area contributed by atoms with E-state index in [2.05, 4.69) is 4.98 Å². The summed E-state index contributed by atoms with van der Waals surface area (Å²) >= 11 is 0. The number of fused-ring (bicyclic) bond motifs is 3. The van der Waals surface area contributed by atoms with Gasteiger partial charge in [0.1, 0.15) is 17.4 Å². The lowest BCUT2D eigenvalue weighted by molar-refractivity contribution is 0.0691. The van der Waals surface area contributed by atoms with Gasteiger partial charge in [0.2, 0.25) is 0 Å². The van der Waals surface area contributed by atoms with E-state index in [1.54, 1.807) is 30.2 Å². The molecule has 0 saturated heterocycles. The summed E-state index contributed by atoms with van der Waals surface area (Å²) in [5.74, 6) is -0.314. The van der Waals surface area contributed by atoms with E-state index >= 15 is 0 Å². The predicted molar refractivity (Wildman–Crippen MR) is 114 cm³/mol. The van der Waals surface area contributed by atoms with Crippen LogP contribution < -0.4 is 4.74 Å². The zero-order chi connectivity index (χ0) is 21.5. The average Bonchev–Trinajstić information content (AvgIpc) is 3.16. The number of methoxy groups -OCH3 is 1. The van der Waals surface area contributed by atoms with E-state index in [1.165, 1.54) is 30.3 Å². The van der Waals surface area contributed by atoms with Crippen LogP contribution in [0.1, 0.15) is 33.2 Å². The SMILES string of the molecule is COc1ccc2[nH]c3c(c2c1)CCN(C(=O)c1cccc(F)c1)C3c1ccc(F)cc1. The Labute approximate surface area is 178 Å². The van der Waals surface area contributed by atoms with Crippen LogP contribution in [-0.2, 0) is 6.42 Å². The lowest BCUT2D eigenvalue weighted by Crippen LogP contribution is -2.40. The van der Waals surface area contributed by atoms with Gasteiger partial charge in [-0.3, -0.25) is 4.79 Å². The van der Waals surface area contributed by atoms with Crippen LogP contribution in [0.5, 0.6) is 5.75 Å². The number of hydrogen-bond acceptors (Lipinski definition) is 2. The van der Waals surface area contributed by atoms with Crippen molar-refractivity contribution in [1.82, 2.24) is 9.88 Å². The molecule has 5 rings (SSSR count). The van der Waals surface area contributed by atoms with Gasteiger partial charge < -0.3 is 14.6 Å². The van der Waals surface area contributed by atoms with Crippen molar-refractivity contribution in [3.63, 3.8) is 0 Å². The summed E-state index contributed by atoms with van der Waals surface area (Å²) in [4.78, 5) is 18.6. The number of amides is 1. The highest BCUT2D eigenvalue weighted by atomic mass is 19.1. The fourth-order valence-electron chi connectivity index (χ4n) is 4.39. The van der Waals surface area contributed by atoms with Crippen molar-refractivity contribution in [2.75, 3.05) is 13.7 Å². The minimum atomic E-state index is -0.459. The second-order valence-electron chi connectivity index (χ2n) is 7.64. The van der Waals surface area contributed by atoms with Crippen LogP contribution >= 0.6 is 0 Å². The summed E-state index contributed by atoms with van der Waals surface area (Å²) in [5, 5.41) is 1.04. The molecule has 156 valence electrons. The Kier molecular flexibility index (Phi) is 4.70. The second kappa shape index (κ2) is 7.54. The van der Waals surface area contributed by atoms with Gasteiger partial charge in [0, 0.05) is 28.7 Å². The minimum absolute atomic E-state index is 0.268. The summed E-state index contributed by atoms with van der Waals surface area (Å²) in [6.07, 6.45) is 0.640. The summed E-state index contributed by atoms with van der Waals surface area (Å²) in [5.41, 5.74) is 3.99. The van der Waals surface area contributed by atoms with Crippen LogP contribution in [0.2, 0.25) is 0 Å². The van der Waals surface area contributed by atoms with Crippen molar-refractivity contribution < 1.29 is 18.3 Å². The molecule has 0 fully saturated rings. The molecule has 1 N–H and O–H groups in total. The predicted octanol–water partition coefficient (Wildman–Crippen LogP) is 5.24. The lowest BCUT2D eigenvalue weighted by atomic mass is 9.91. The standard InChI is InChI=1S/C25H20F2N2O2/c1-31-19-9-10-22-21(14-19)20-11-12-29(25(30)16-3-2-4-18(27)13-16)24(23(20)28-22)15-5-7-17(26)8-6-15/h2-10,13-14,24,28H,11-12H2,1H3. The van der Waals surface area contributed by atoms with Crippen molar-refractivity contribution in [2.24, 2.45) is 0 Å². The molecular weight excluding hydrogens is 398 g/mol. The van der Waals surface area contributed by atoms with Crippen LogP contribution in [0, 0.1) is 11.6 Å². The van der Waals surface area contributed by atoms with E-state index in [-0.39, 0.29) is 17.3 Å². The molecule has 1 amide bonds. The summed E-state index contributed by atoms with van der Waals surface area (Å²) in [6.45, 7) is 0.453. The molecule has 0 radical (unpaired) electrons. The fourth-order valence-corrected chi connectivity index (χ4v) is 4.39. The van der Waals surface area contributed by atoms with Crippen molar-refractivity contribution in [3.05, 3.63) is 101 Å². The van der Waals surface area contributed by atoms with Gasteiger partial charge in [-0.25, -0.2) is 8.78 Å². The third-order valence-electron chi connectivity index (χ3n) is 5.85. The van der Waals surface area contributed by atoms with Gasteiger partial charge in [-0.2, -0.15) is 0 Å². The van der Waals surface area contributed by atoms with Crippen LogP contribution in [-0.4, -0.2) is 29.4 Å². The topological polar surface area (TPSA) is 45.3 Å². The number of carbonyl (C=O) groups excluding carboxylic acids is 1. The number of benzene rings is 3. The van der Waals surface area contributed by atoms with Gasteiger partial charge in [-0.05, 0) is 66.1 Å². The average molecular weight is 418 g/mol. The molecule has 0 aliphatic carbocycles. The molecular formula is C25H20F2N2O2. The first-order valence-corrected chi connectivity index (χ1v) is 10.1. The number of rotatable bonds is 3. The van der Waals surface area contributed by atoms with Crippen LogP contribution in [0.3, 0.4) is 0 Å². The molecule has 0 saturated carbocycles. The van der Waals surface area contributed by atoms with Crippen LogP contribution in [0.15, 0.2) is 66.7 Å². The highest BCUT2D eigenvalue weighted by Gasteiger charge is 2.35. The first kappa shape index (κ1) is 19.3. The summed E-state index contributed by atoms with van der Waals surface area (Å²) in [7, 11) is 1.63. The number of halogens is 2. The monoisotopic (exact) mass is 418 g/mol. The van der Waals surface area contributed by atoms with Gasteiger partial charge >= 0.3 is 0 Å². The molecule has 4 nitrogen and oxygen atoms in total. The van der Waals surface area contributed by atoms with Gasteiger partial charge in [-0.15, -0.1) is 0 Å². The Morgan fingerprint density at radius 1 is 1.03 bits per heavy atom. The third kappa shape index (κ3) is 3.34. The zero-order valence-electron chi connectivity index (χ0n) is 16.9. The van der Waals surface area contributed by atoms with E-state index in [1.807, 2.05) is 18.2 Å².